The van der Waals surface area contributed by atoms with E-state index in [9.17, 15) is 35.9 Å². The number of halogens is 7. The Kier molecular flexibility index (Phi) is 5.88. The molecule has 2 aromatic rings. The smallest absolute Gasteiger partial charge is 0.327 e. The summed E-state index contributed by atoms with van der Waals surface area (Å²) in [6, 6.07) is 0.969. The fraction of sp³-hybridized carbons (Fsp3) is 0.188. The van der Waals surface area contributed by atoms with E-state index in [1.165, 1.54) is 0 Å². The molecule has 0 fully saturated rings. The summed E-state index contributed by atoms with van der Waals surface area (Å²) in [4.78, 5) is 26.6. The summed E-state index contributed by atoms with van der Waals surface area (Å²) in [6.45, 7) is 3.27. The second-order valence-corrected chi connectivity index (χ2v) is 5.76. The average molecular weight is 426 g/mol. The third-order valence-electron chi connectivity index (χ3n) is 3.53. The van der Waals surface area contributed by atoms with E-state index in [1.54, 1.807) is 0 Å². The molecule has 0 aliphatic heterocycles. The zero-order valence-electron chi connectivity index (χ0n) is 13.7. The Balaban J connectivity index is 2.84. The number of alkyl halides is 6. The second kappa shape index (κ2) is 7.66. The van der Waals surface area contributed by atoms with Gasteiger partial charge in [-0.05, 0) is 18.6 Å². The van der Waals surface area contributed by atoms with Gasteiger partial charge in [0.05, 0.1) is 27.5 Å². The third kappa shape index (κ3) is 4.19. The van der Waals surface area contributed by atoms with Gasteiger partial charge in [0.2, 0.25) is 6.41 Å². The molecule has 0 spiro atoms. The maximum absolute atomic E-state index is 13.1. The summed E-state index contributed by atoms with van der Waals surface area (Å²) < 4.78 is 78.7. The number of hydrogen-bond acceptors (Lipinski definition) is 3. The van der Waals surface area contributed by atoms with Crippen LogP contribution in [0, 0.1) is 0 Å². The maximum Gasteiger partial charge on any atom is 0.433 e. The molecule has 0 unspecified atom stereocenters. The van der Waals surface area contributed by atoms with Crippen LogP contribution in [-0.4, -0.2) is 16.0 Å². The van der Waals surface area contributed by atoms with Gasteiger partial charge in [0.1, 0.15) is 6.33 Å². The highest BCUT2D eigenvalue weighted by molar-refractivity contribution is 6.33. The number of aromatic nitrogens is 2. The Hall–Kier alpha value is -2.82. The lowest BCUT2D eigenvalue weighted by Gasteiger charge is -2.18. The van der Waals surface area contributed by atoms with Crippen LogP contribution in [0.5, 0.6) is 0 Å². The van der Waals surface area contributed by atoms with Crippen molar-refractivity contribution < 1.29 is 31.1 Å². The molecule has 0 saturated carbocycles. The molecule has 12 heteroatoms. The van der Waals surface area contributed by atoms with E-state index in [0.717, 1.165) is 6.08 Å². The number of carbonyl (C=O) groups excluding carboxylic acids is 1. The molecule has 0 atom stereocenters. The first-order valence-corrected chi connectivity index (χ1v) is 7.69. The predicted molar refractivity (Wildman–Crippen MR) is 88.4 cm³/mol. The highest BCUT2D eigenvalue weighted by Crippen LogP contribution is 2.37. The monoisotopic (exact) mass is 425 g/mol. The summed E-state index contributed by atoms with van der Waals surface area (Å²) in [6.07, 6.45) is -8.72. The van der Waals surface area contributed by atoms with E-state index in [1.807, 2.05) is 5.32 Å². The van der Waals surface area contributed by atoms with Crippen molar-refractivity contribution in [1.82, 2.24) is 9.55 Å². The largest absolute Gasteiger partial charge is 0.433 e. The molecule has 1 amide bonds. The van der Waals surface area contributed by atoms with Gasteiger partial charge in [-0.25, -0.2) is 4.98 Å². The fourth-order valence-electron chi connectivity index (χ4n) is 2.41. The minimum Gasteiger partial charge on any atom is -0.327 e. The van der Waals surface area contributed by atoms with Crippen molar-refractivity contribution in [3.8, 4) is 5.69 Å². The zero-order valence-corrected chi connectivity index (χ0v) is 14.4. The van der Waals surface area contributed by atoms with Gasteiger partial charge in [0, 0.05) is 0 Å². The molecule has 5 nitrogen and oxygen atoms in total. The summed E-state index contributed by atoms with van der Waals surface area (Å²) in [5.41, 5.74) is -5.69. The summed E-state index contributed by atoms with van der Waals surface area (Å²) >= 11 is 5.86. The number of benzene rings is 1. The molecule has 1 aromatic heterocycles. The molecular formula is C16H10ClF6N3O2. The Morgan fingerprint density at radius 1 is 1.18 bits per heavy atom. The van der Waals surface area contributed by atoms with Crippen LogP contribution in [0.15, 0.2) is 35.9 Å². The molecule has 0 aliphatic rings. The van der Waals surface area contributed by atoms with Crippen molar-refractivity contribution >= 4 is 23.7 Å². The van der Waals surface area contributed by atoms with Crippen molar-refractivity contribution in [2.75, 3.05) is 5.32 Å². The molecule has 0 bridgehead atoms. The number of carbonyl (C=O) groups is 1. The standard InChI is InChI=1S/C16H10ClF6N3O2/c1-2-3-9-13(16(21,22)23)24-6-26(14(9)28)12-10(17)4-8(15(18,19)20)5-11(12)25-7-27/h2,4-7H,1,3H2,(H,25,27). The molecule has 28 heavy (non-hydrogen) atoms. The van der Waals surface area contributed by atoms with Gasteiger partial charge in [0.25, 0.3) is 5.56 Å². The van der Waals surface area contributed by atoms with Gasteiger partial charge in [-0.3, -0.25) is 14.2 Å². The molecule has 0 saturated heterocycles. The zero-order chi connectivity index (χ0) is 21.3. The number of anilines is 1. The summed E-state index contributed by atoms with van der Waals surface area (Å²) in [5, 5.41) is 1.32. The van der Waals surface area contributed by atoms with E-state index in [-0.39, 0.29) is 6.41 Å². The van der Waals surface area contributed by atoms with Gasteiger partial charge < -0.3 is 5.32 Å². The van der Waals surface area contributed by atoms with E-state index in [0.29, 0.717) is 23.0 Å². The van der Waals surface area contributed by atoms with Crippen molar-refractivity contribution in [3.63, 3.8) is 0 Å². The average Bonchev–Trinajstić information content (AvgIpc) is 2.55. The van der Waals surface area contributed by atoms with Crippen LogP contribution in [0.2, 0.25) is 5.02 Å². The highest BCUT2D eigenvalue weighted by Gasteiger charge is 2.37. The van der Waals surface area contributed by atoms with Crippen LogP contribution in [0.4, 0.5) is 32.0 Å². The first-order chi connectivity index (χ1) is 12.9. The maximum atomic E-state index is 13.1. The number of hydrogen-bond donors (Lipinski definition) is 1. The SMILES string of the molecule is C=CCc1c(C(F)(F)F)ncn(-c2c(Cl)cc(C(F)(F)F)cc2NC=O)c1=O. The third-order valence-corrected chi connectivity index (χ3v) is 3.82. The number of nitrogens with one attached hydrogen (secondary N) is 1. The Morgan fingerprint density at radius 2 is 1.82 bits per heavy atom. The molecule has 150 valence electrons. The molecule has 0 aliphatic carbocycles. The molecule has 0 radical (unpaired) electrons. The number of amides is 1. The van der Waals surface area contributed by atoms with Gasteiger partial charge in [0.15, 0.2) is 5.69 Å². The lowest BCUT2D eigenvalue weighted by molar-refractivity contribution is -0.142. The van der Waals surface area contributed by atoms with Gasteiger partial charge in [-0.1, -0.05) is 17.7 Å². The molecule has 2 rings (SSSR count). The minimum absolute atomic E-state index is 0.0303. The fourth-order valence-corrected chi connectivity index (χ4v) is 2.72. The molecule has 1 aromatic carbocycles. The van der Waals surface area contributed by atoms with E-state index < -0.39 is 57.6 Å². The van der Waals surface area contributed by atoms with Crippen LogP contribution < -0.4 is 10.9 Å². The van der Waals surface area contributed by atoms with Crippen molar-refractivity contribution in [3.05, 3.63) is 63.3 Å². The van der Waals surface area contributed by atoms with Crippen molar-refractivity contribution in [1.29, 1.82) is 0 Å². The van der Waals surface area contributed by atoms with Crippen LogP contribution >= 0.6 is 11.6 Å². The van der Waals surface area contributed by atoms with Crippen molar-refractivity contribution in [2.45, 2.75) is 18.8 Å². The lowest BCUT2D eigenvalue weighted by atomic mass is 10.1. The predicted octanol–water partition coefficient (Wildman–Crippen LogP) is 4.22. The lowest BCUT2D eigenvalue weighted by Crippen LogP contribution is -2.29. The molecule has 1 heterocycles. The Bertz CT molecular complexity index is 982. The quantitative estimate of drug-likeness (QED) is 0.443. The Labute approximate surface area is 158 Å². The van der Waals surface area contributed by atoms with E-state index in [2.05, 4.69) is 11.6 Å². The normalized spacial score (nSPS) is 12.0. The first-order valence-electron chi connectivity index (χ1n) is 7.31. The summed E-state index contributed by atoms with van der Waals surface area (Å²) in [5.74, 6) is 0. The number of nitrogens with zero attached hydrogens (tertiary/aromatic N) is 2. The number of allylic oxidation sites excluding steroid dienone is 1. The van der Waals surface area contributed by atoms with Crippen molar-refractivity contribution in [2.24, 2.45) is 0 Å². The van der Waals surface area contributed by atoms with E-state index >= 15 is 0 Å². The number of rotatable bonds is 5. The van der Waals surface area contributed by atoms with E-state index in [4.69, 9.17) is 11.6 Å². The molecule has 1 N–H and O–H groups in total. The summed E-state index contributed by atoms with van der Waals surface area (Å²) in [7, 11) is 0. The van der Waals surface area contributed by atoms with Gasteiger partial charge in [-0.15, -0.1) is 6.58 Å². The molecular weight excluding hydrogens is 416 g/mol. The highest BCUT2D eigenvalue weighted by atomic mass is 35.5. The van der Waals surface area contributed by atoms with Gasteiger partial charge >= 0.3 is 12.4 Å². The van der Waals surface area contributed by atoms with Crippen LogP contribution in [0.25, 0.3) is 5.69 Å². The second-order valence-electron chi connectivity index (χ2n) is 5.35. The topological polar surface area (TPSA) is 64.0 Å². The van der Waals surface area contributed by atoms with Crippen LogP contribution in [0.1, 0.15) is 16.8 Å². The minimum atomic E-state index is -4.94. The van der Waals surface area contributed by atoms with Gasteiger partial charge in [-0.2, -0.15) is 26.3 Å². The first kappa shape index (κ1) is 21.5. The Morgan fingerprint density at radius 3 is 2.32 bits per heavy atom. The van der Waals surface area contributed by atoms with Crippen LogP contribution in [-0.2, 0) is 23.6 Å². The van der Waals surface area contributed by atoms with Crippen LogP contribution in [0.3, 0.4) is 0 Å².